The van der Waals surface area contributed by atoms with E-state index in [1.54, 1.807) is 0 Å². The van der Waals surface area contributed by atoms with Crippen LogP contribution in [0.15, 0.2) is 24.3 Å². The van der Waals surface area contributed by atoms with Gasteiger partial charge in [0.15, 0.2) is 0 Å². The summed E-state index contributed by atoms with van der Waals surface area (Å²) in [6.07, 6.45) is 3.52. The molecule has 0 spiro atoms. The van der Waals surface area contributed by atoms with Gasteiger partial charge in [-0.05, 0) is 41.7 Å². The fraction of sp³-hybridized carbons (Fsp3) is 0.647. The zero-order valence-electron chi connectivity index (χ0n) is 12.4. The third kappa shape index (κ3) is 4.32. The van der Waals surface area contributed by atoms with E-state index in [1.807, 2.05) is 0 Å². The molecule has 0 aromatic heterocycles. The van der Waals surface area contributed by atoms with E-state index in [0.29, 0.717) is 6.04 Å². The van der Waals surface area contributed by atoms with Crippen LogP contribution in [-0.2, 0) is 6.54 Å². The predicted octanol–water partition coefficient (Wildman–Crippen LogP) is 3.45. The molecule has 0 bridgehead atoms. The van der Waals surface area contributed by atoms with E-state index in [9.17, 15) is 5.11 Å². The Hall–Kier alpha value is -0.860. The van der Waals surface area contributed by atoms with Crippen molar-refractivity contribution in [1.82, 2.24) is 5.32 Å². The third-order valence-electron chi connectivity index (χ3n) is 4.02. The number of hydrogen-bond donors (Lipinski definition) is 2. The minimum atomic E-state index is 0.177. The molecular formula is C17H27NO. The van der Waals surface area contributed by atoms with E-state index < -0.39 is 0 Å². The lowest BCUT2D eigenvalue weighted by atomic mass is 9.85. The first-order valence-electron chi connectivity index (χ1n) is 7.44. The zero-order valence-corrected chi connectivity index (χ0v) is 12.4. The molecule has 1 aliphatic carbocycles. The molecule has 2 heteroatoms. The van der Waals surface area contributed by atoms with Crippen molar-refractivity contribution in [3.05, 3.63) is 35.4 Å². The molecule has 2 N–H and O–H groups in total. The van der Waals surface area contributed by atoms with Gasteiger partial charge in [-0.3, -0.25) is 0 Å². The first kappa shape index (κ1) is 14.5. The average Bonchev–Trinajstić information content (AvgIpc) is 3.17. The van der Waals surface area contributed by atoms with Crippen LogP contribution in [0.2, 0.25) is 0 Å². The summed E-state index contributed by atoms with van der Waals surface area (Å²) in [5, 5.41) is 12.8. The molecule has 1 atom stereocenters. The fourth-order valence-electron chi connectivity index (χ4n) is 2.59. The second-order valence-electron chi connectivity index (χ2n) is 6.83. The maximum atomic E-state index is 9.18. The maximum Gasteiger partial charge on any atom is 0.0446 e. The van der Waals surface area contributed by atoms with Gasteiger partial charge < -0.3 is 10.4 Å². The Morgan fingerprint density at radius 3 is 2.63 bits per heavy atom. The highest BCUT2D eigenvalue weighted by Gasteiger charge is 2.25. The first-order valence-corrected chi connectivity index (χ1v) is 7.44. The van der Waals surface area contributed by atoms with Crippen molar-refractivity contribution in [3.8, 4) is 0 Å². The topological polar surface area (TPSA) is 32.3 Å². The Balaban J connectivity index is 1.94. The molecule has 1 aliphatic rings. The highest BCUT2D eigenvalue weighted by molar-refractivity contribution is 5.29. The monoisotopic (exact) mass is 261 g/mol. The quantitative estimate of drug-likeness (QED) is 0.822. The normalized spacial score (nSPS) is 17.5. The summed E-state index contributed by atoms with van der Waals surface area (Å²) in [5.41, 5.74) is 3.03. The second-order valence-corrected chi connectivity index (χ2v) is 6.83. The van der Waals surface area contributed by atoms with Gasteiger partial charge in [0.2, 0.25) is 0 Å². The molecule has 1 aromatic rings. The molecule has 0 aliphatic heterocycles. The van der Waals surface area contributed by atoms with E-state index in [4.69, 9.17) is 0 Å². The molecule has 1 fully saturated rings. The Kier molecular flexibility index (Phi) is 4.64. The van der Waals surface area contributed by atoms with Crippen molar-refractivity contribution in [2.24, 2.45) is 5.41 Å². The van der Waals surface area contributed by atoms with Crippen LogP contribution in [0.3, 0.4) is 0 Å². The Bertz CT molecular complexity index is 404. The van der Waals surface area contributed by atoms with Gasteiger partial charge in [-0.1, -0.05) is 45.0 Å². The first-order chi connectivity index (χ1) is 9.00. The number of aliphatic hydroxyl groups excluding tert-OH is 1. The van der Waals surface area contributed by atoms with Gasteiger partial charge in [0.25, 0.3) is 0 Å². The van der Waals surface area contributed by atoms with E-state index in [2.05, 4.69) is 50.4 Å². The lowest BCUT2D eigenvalue weighted by molar-refractivity contribution is 0.196. The van der Waals surface area contributed by atoms with Crippen LogP contribution in [0.5, 0.6) is 0 Å². The number of aliphatic hydroxyl groups is 1. The van der Waals surface area contributed by atoms with Crippen molar-refractivity contribution >= 4 is 0 Å². The van der Waals surface area contributed by atoms with E-state index >= 15 is 0 Å². The number of rotatable bonds is 6. The standard InChI is InChI=1S/C17H27NO/c1-17(2,3)16(9-10-19)18-12-13-5-4-6-15(11-13)14-7-8-14/h4-6,11,14,16,18-19H,7-10,12H2,1-3H3. The van der Waals surface area contributed by atoms with Crippen LogP contribution >= 0.6 is 0 Å². The van der Waals surface area contributed by atoms with E-state index in [1.165, 1.54) is 24.0 Å². The average molecular weight is 261 g/mol. The molecule has 0 amide bonds. The lowest BCUT2D eigenvalue weighted by Gasteiger charge is -2.31. The summed E-state index contributed by atoms with van der Waals surface area (Å²) in [7, 11) is 0. The van der Waals surface area contributed by atoms with Crippen molar-refractivity contribution in [1.29, 1.82) is 0 Å². The Morgan fingerprint density at radius 1 is 1.32 bits per heavy atom. The SMILES string of the molecule is CC(C)(C)C(CCO)NCc1cccc(C2CC2)c1. The summed E-state index contributed by atoms with van der Waals surface area (Å²) < 4.78 is 0. The van der Waals surface area contributed by atoms with Crippen LogP contribution in [0.4, 0.5) is 0 Å². The Morgan fingerprint density at radius 2 is 2.05 bits per heavy atom. The summed E-state index contributed by atoms with van der Waals surface area (Å²) in [6, 6.07) is 9.29. The van der Waals surface area contributed by atoms with Crippen molar-refractivity contribution in [3.63, 3.8) is 0 Å². The molecule has 1 aromatic carbocycles. The second kappa shape index (κ2) is 6.06. The molecule has 0 saturated heterocycles. The molecule has 106 valence electrons. The van der Waals surface area contributed by atoms with Crippen molar-refractivity contribution < 1.29 is 5.11 Å². The molecule has 19 heavy (non-hydrogen) atoms. The molecule has 1 saturated carbocycles. The fourth-order valence-corrected chi connectivity index (χ4v) is 2.59. The molecule has 0 radical (unpaired) electrons. The lowest BCUT2D eigenvalue weighted by Crippen LogP contribution is -2.40. The van der Waals surface area contributed by atoms with Crippen LogP contribution in [0.1, 0.15) is 57.1 Å². The van der Waals surface area contributed by atoms with Crippen LogP contribution in [-0.4, -0.2) is 17.8 Å². The van der Waals surface area contributed by atoms with Gasteiger partial charge in [-0.15, -0.1) is 0 Å². The number of nitrogens with one attached hydrogen (secondary N) is 1. The van der Waals surface area contributed by atoms with Gasteiger partial charge in [0.1, 0.15) is 0 Å². The van der Waals surface area contributed by atoms with E-state index in [-0.39, 0.29) is 12.0 Å². The highest BCUT2D eigenvalue weighted by atomic mass is 16.3. The summed E-state index contributed by atoms with van der Waals surface area (Å²) in [5.74, 6) is 0.816. The minimum Gasteiger partial charge on any atom is -0.396 e. The molecular weight excluding hydrogens is 234 g/mol. The maximum absolute atomic E-state index is 9.18. The molecule has 0 heterocycles. The zero-order chi connectivity index (χ0) is 13.9. The van der Waals surface area contributed by atoms with Gasteiger partial charge in [-0.25, -0.2) is 0 Å². The van der Waals surface area contributed by atoms with Gasteiger partial charge in [-0.2, -0.15) is 0 Å². The summed E-state index contributed by atoms with van der Waals surface area (Å²) >= 11 is 0. The smallest absolute Gasteiger partial charge is 0.0446 e. The summed E-state index contributed by atoms with van der Waals surface area (Å²) in [6.45, 7) is 7.81. The van der Waals surface area contributed by atoms with Crippen LogP contribution < -0.4 is 5.32 Å². The van der Waals surface area contributed by atoms with Crippen molar-refractivity contribution in [2.45, 2.75) is 58.5 Å². The third-order valence-corrected chi connectivity index (χ3v) is 4.02. The molecule has 1 unspecified atom stereocenters. The van der Waals surface area contributed by atoms with Gasteiger partial charge in [0.05, 0.1) is 0 Å². The number of hydrogen-bond acceptors (Lipinski definition) is 2. The van der Waals surface area contributed by atoms with Gasteiger partial charge >= 0.3 is 0 Å². The predicted molar refractivity (Wildman–Crippen MR) is 80.2 cm³/mol. The molecule has 2 rings (SSSR count). The molecule has 2 nitrogen and oxygen atoms in total. The Labute approximate surface area is 117 Å². The van der Waals surface area contributed by atoms with Crippen molar-refractivity contribution in [2.75, 3.05) is 6.61 Å². The number of benzene rings is 1. The minimum absolute atomic E-state index is 0.177. The van der Waals surface area contributed by atoms with Gasteiger partial charge in [0, 0.05) is 19.2 Å². The highest BCUT2D eigenvalue weighted by Crippen LogP contribution is 2.40. The van der Waals surface area contributed by atoms with Crippen LogP contribution in [0.25, 0.3) is 0 Å². The summed E-state index contributed by atoms with van der Waals surface area (Å²) in [4.78, 5) is 0. The van der Waals surface area contributed by atoms with E-state index in [0.717, 1.165) is 18.9 Å². The van der Waals surface area contributed by atoms with Crippen LogP contribution in [0, 0.1) is 5.41 Å². The largest absolute Gasteiger partial charge is 0.396 e.